The fourth-order valence-corrected chi connectivity index (χ4v) is 5.55. The first-order chi connectivity index (χ1) is 25.9. The van der Waals surface area contributed by atoms with Crippen molar-refractivity contribution in [1.82, 2.24) is 15.0 Å². The van der Waals surface area contributed by atoms with Crippen LogP contribution in [0.15, 0.2) is 144 Å². The lowest BCUT2D eigenvalue weighted by molar-refractivity contribution is 0.669. The Morgan fingerprint density at radius 3 is 1.77 bits per heavy atom. The first-order valence-electron chi connectivity index (χ1n) is 19.0. The van der Waals surface area contributed by atoms with Crippen LogP contribution >= 0.6 is 0 Å². The van der Waals surface area contributed by atoms with E-state index in [9.17, 15) is 4.11 Å². The SMILES string of the molecule is [2H]c1c([2H])c([2H])c2c(c1[2H])c1c([2H])c([2H])c([2H])c([2H])c1c1c([2H])c(-c3nc(-c4ccccc4)nc(-c4cccc5oc6ccccc6c45)n3)c([2H])c([2H])c21. The maximum atomic E-state index is 9.68. The third-order valence-corrected chi connectivity index (χ3v) is 7.47. The second-order valence-corrected chi connectivity index (χ2v) is 9.95. The number of hydrogen-bond donors (Lipinski definition) is 0. The average molecular weight is 561 g/mol. The van der Waals surface area contributed by atoms with Gasteiger partial charge in [0.25, 0.3) is 0 Å². The van der Waals surface area contributed by atoms with Crippen molar-refractivity contribution in [1.29, 1.82) is 0 Å². The Labute approximate surface area is 262 Å². The van der Waals surface area contributed by atoms with Crippen LogP contribution in [-0.2, 0) is 0 Å². The lowest BCUT2D eigenvalue weighted by atomic mass is 9.93. The molecule has 200 valence electrons. The highest BCUT2D eigenvalue weighted by atomic mass is 16.3. The number of hydrogen-bond acceptors (Lipinski definition) is 4. The first-order valence-corrected chi connectivity index (χ1v) is 13.5. The molecule has 0 unspecified atom stereocenters. The molecule has 2 aromatic heterocycles. The molecule has 0 spiro atoms. The van der Waals surface area contributed by atoms with Crippen molar-refractivity contribution in [2.75, 3.05) is 0 Å². The van der Waals surface area contributed by atoms with Crippen LogP contribution in [0.3, 0.4) is 0 Å². The van der Waals surface area contributed by atoms with Gasteiger partial charge >= 0.3 is 0 Å². The van der Waals surface area contributed by atoms with Crippen LogP contribution in [0, 0.1) is 0 Å². The molecule has 0 saturated carbocycles. The molecule has 9 rings (SSSR count). The quantitative estimate of drug-likeness (QED) is 0.202. The molecule has 7 aromatic carbocycles. The standard InChI is InChI=1S/C39H23N3O/c1-2-11-24(12-3-1)37-40-38(42-39(41-37)32-18-10-20-35-36(32)31-17-8-9-19-34(31)43-35)25-21-22-30-28-15-5-4-13-26(28)27-14-6-7-16-29(27)33(30)23-25/h1-23H/i4D,5D,6D,7D,13D,14D,15D,16D,21D,22D,23D. The van der Waals surface area contributed by atoms with Gasteiger partial charge in [-0.2, -0.15) is 0 Å². The number of nitrogens with zero attached hydrogens (tertiary/aromatic N) is 3. The highest BCUT2D eigenvalue weighted by molar-refractivity contribution is 6.25. The maximum Gasteiger partial charge on any atom is 0.164 e. The Balaban J connectivity index is 1.47. The molecule has 4 heteroatoms. The summed E-state index contributed by atoms with van der Waals surface area (Å²) in [5.41, 5.74) is 2.17. The lowest BCUT2D eigenvalue weighted by Crippen LogP contribution is -2.00. The Morgan fingerprint density at radius 2 is 1.02 bits per heavy atom. The maximum absolute atomic E-state index is 9.68. The Morgan fingerprint density at radius 1 is 0.442 bits per heavy atom. The van der Waals surface area contributed by atoms with Gasteiger partial charge in [0.2, 0.25) is 0 Å². The van der Waals surface area contributed by atoms with Gasteiger partial charge in [-0.25, -0.2) is 15.0 Å². The number of benzene rings is 7. The van der Waals surface area contributed by atoms with E-state index in [1.165, 1.54) is 0 Å². The summed E-state index contributed by atoms with van der Waals surface area (Å²) in [6, 6.07) is 15.6. The van der Waals surface area contributed by atoms with Gasteiger partial charge in [0.15, 0.2) is 17.5 Å². The van der Waals surface area contributed by atoms with Gasteiger partial charge in [-0.05, 0) is 50.5 Å². The third-order valence-electron chi connectivity index (χ3n) is 7.47. The molecule has 4 nitrogen and oxygen atoms in total. The zero-order valence-electron chi connectivity index (χ0n) is 33.2. The zero-order valence-corrected chi connectivity index (χ0v) is 22.2. The minimum Gasteiger partial charge on any atom is -0.456 e. The Hall–Kier alpha value is -5.87. The molecule has 0 aliphatic carbocycles. The van der Waals surface area contributed by atoms with E-state index < -0.39 is 66.5 Å². The summed E-state index contributed by atoms with van der Waals surface area (Å²) < 4.78 is 104. The Bertz CT molecular complexity index is 3090. The van der Waals surface area contributed by atoms with Gasteiger partial charge in [-0.15, -0.1) is 0 Å². The molecule has 0 aliphatic heterocycles. The van der Waals surface area contributed by atoms with Crippen molar-refractivity contribution in [3.63, 3.8) is 0 Å². The van der Waals surface area contributed by atoms with Crippen molar-refractivity contribution in [2.24, 2.45) is 0 Å². The van der Waals surface area contributed by atoms with E-state index in [1.54, 1.807) is 30.3 Å². The monoisotopic (exact) mass is 560 g/mol. The van der Waals surface area contributed by atoms with E-state index in [1.807, 2.05) is 42.5 Å². The summed E-state index contributed by atoms with van der Waals surface area (Å²) in [7, 11) is 0. The molecule has 0 amide bonds. The fraction of sp³-hybridized carbons (Fsp3) is 0. The number of para-hydroxylation sites is 1. The smallest absolute Gasteiger partial charge is 0.164 e. The topological polar surface area (TPSA) is 51.8 Å². The summed E-state index contributed by atoms with van der Waals surface area (Å²) in [6.45, 7) is 0. The van der Waals surface area contributed by atoms with E-state index >= 15 is 0 Å². The predicted molar refractivity (Wildman–Crippen MR) is 176 cm³/mol. The van der Waals surface area contributed by atoms with E-state index in [2.05, 4.69) is 0 Å². The van der Waals surface area contributed by atoms with E-state index in [0.717, 1.165) is 10.8 Å². The second kappa shape index (κ2) is 9.33. The molecule has 0 radical (unpaired) electrons. The molecule has 0 saturated heterocycles. The zero-order chi connectivity index (χ0) is 37.9. The highest BCUT2D eigenvalue weighted by Gasteiger charge is 2.18. The van der Waals surface area contributed by atoms with Crippen molar-refractivity contribution in [2.45, 2.75) is 0 Å². The van der Waals surface area contributed by atoms with Crippen molar-refractivity contribution < 1.29 is 19.5 Å². The second-order valence-electron chi connectivity index (χ2n) is 9.95. The average Bonchev–Trinajstić information content (AvgIpc) is 3.58. The van der Waals surface area contributed by atoms with E-state index in [-0.39, 0.29) is 55.4 Å². The van der Waals surface area contributed by atoms with Crippen LogP contribution in [0.4, 0.5) is 0 Å². The molecule has 0 atom stereocenters. The van der Waals surface area contributed by atoms with Gasteiger partial charge in [0.1, 0.15) is 11.2 Å². The van der Waals surface area contributed by atoms with Crippen molar-refractivity contribution in [3.05, 3.63) is 139 Å². The molecule has 43 heavy (non-hydrogen) atoms. The van der Waals surface area contributed by atoms with Crippen LogP contribution in [0.1, 0.15) is 15.1 Å². The number of furan rings is 1. The van der Waals surface area contributed by atoms with Gasteiger partial charge < -0.3 is 4.42 Å². The first kappa shape index (κ1) is 15.4. The predicted octanol–water partition coefficient (Wildman–Crippen LogP) is 10.2. The number of aromatic nitrogens is 3. The van der Waals surface area contributed by atoms with E-state index in [0.29, 0.717) is 22.3 Å². The Kier molecular flexibility index (Phi) is 3.34. The highest BCUT2D eigenvalue weighted by Crippen LogP contribution is 2.39. The molecule has 0 fully saturated rings. The third kappa shape index (κ3) is 3.74. The summed E-state index contributed by atoms with van der Waals surface area (Å²) in [5.74, 6) is 0.226. The number of fused-ring (bicyclic) bond motifs is 9. The molecule has 2 heterocycles. The van der Waals surface area contributed by atoms with E-state index in [4.69, 9.17) is 30.3 Å². The van der Waals surface area contributed by atoms with Crippen LogP contribution in [0.5, 0.6) is 0 Å². The molecular weight excluding hydrogens is 526 g/mol. The van der Waals surface area contributed by atoms with Gasteiger partial charge in [-0.3, -0.25) is 0 Å². The molecule has 0 N–H and O–H groups in total. The largest absolute Gasteiger partial charge is 0.456 e. The van der Waals surface area contributed by atoms with Crippen LogP contribution in [-0.4, -0.2) is 15.0 Å². The minimum atomic E-state index is -0.634. The summed E-state index contributed by atoms with van der Waals surface area (Å²) in [6.07, 6.45) is 0. The molecule has 0 bridgehead atoms. The molecule has 0 aliphatic rings. The fourth-order valence-electron chi connectivity index (χ4n) is 5.55. The van der Waals surface area contributed by atoms with Gasteiger partial charge in [0, 0.05) is 27.5 Å². The summed E-state index contributed by atoms with van der Waals surface area (Å²) in [4.78, 5) is 14.4. The van der Waals surface area contributed by atoms with Crippen molar-refractivity contribution >= 4 is 54.3 Å². The lowest BCUT2D eigenvalue weighted by Gasteiger charge is -2.12. The van der Waals surface area contributed by atoms with Crippen LogP contribution in [0.25, 0.3) is 88.4 Å². The number of rotatable bonds is 3. The summed E-state index contributed by atoms with van der Waals surface area (Å²) in [5, 5.41) is 0.204. The van der Waals surface area contributed by atoms with Gasteiger partial charge in [-0.1, -0.05) is 121 Å². The van der Waals surface area contributed by atoms with Crippen LogP contribution in [0.2, 0.25) is 0 Å². The van der Waals surface area contributed by atoms with Crippen LogP contribution < -0.4 is 0 Å². The minimum absolute atomic E-state index is 0.155. The summed E-state index contributed by atoms with van der Waals surface area (Å²) >= 11 is 0. The normalized spacial score (nSPS) is 15.3. The molecule has 9 aromatic rings. The van der Waals surface area contributed by atoms with Gasteiger partial charge in [0.05, 0.1) is 15.1 Å². The molecular formula is C39H23N3O. The van der Waals surface area contributed by atoms with Crippen molar-refractivity contribution in [3.8, 4) is 34.2 Å².